The molecule has 0 bridgehead atoms. The summed E-state index contributed by atoms with van der Waals surface area (Å²) in [7, 11) is 0. The molecule has 90 valence electrons. The van der Waals surface area contributed by atoms with E-state index in [0.29, 0.717) is 12.1 Å². The number of rotatable bonds is 4. The Morgan fingerprint density at radius 3 is 2.94 bits per heavy atom. The second-order valence-electron chi connectivity index (χ2n) is 4.18. The summed E-state index contributed by atoms with van der Waals surface area (Å²) in [5.41, 5.74) is 2.86. The molecule has 4 heteroatoms. The summed E-state index contributed by atoms with van der Waals surface area (Å²) < 4.78 is 1.85. The lowest BCUT2D eigenvalue weighted by molar-refractivity contribution is 0.173. The number of aromatic nitrogens is 3. The Morgan fingerprint density at radius 1 is 1.47 bits per heavy atom. The smallest absolute Gasteiger partial charge is 0.100 e. The van der Waals surface area contributed by atoms with Crippen molar-refractivity contribution in [3.63, 3.8) is 0 Å². The van der Waals surface area contributed by atoms with Crippen molar-refractivity contribution in [2.75, 3.05) is 0 Å². The monoisotopic (exact) mass is 231 g/mol. The predicted molar refractivity (Wildman–Crippen MR) is 65.5 cm³/mol. The van der Waals surface area contributed by atoms with Gasteiger partial charge >= 0.3 is 0 Å². The topological polar surface area (TPSA) is 50.9 Å². The first-order valence-electron chi connectivity index (χ1n) is 5.81. The standard InChI is InChI=1S/C13H17N3O/c1-3-16-9-11(8-15-16)7-13(17)12-6-10(2)4-5-14-12/h4-6,8-9,13,17H,3,7H2,1-2H3. The molecule has 0 aromatic carbocycles. The molecule has 0 aliphatic carbocycles. The third kappa shape index (κ3) is 2.91. The zero-order chi connectivity index (χ0) is 12.3. The quantitative estimate of drug-likeness (QED) is 0.874. The SMILES string of the molecule is CCn1cc(CC(O)c2cc(C)ccn2)cn1. The minimum Gasteiger partial charge on any atom is -0.386 e. The van der Waals surface area contributed by atoms with Gasteiger partial charge in [0.1, 0.15) is 6.10 Å². The molecule has 4 nitrogen and oxygen atoms in total. The molecule has 0 radical (unpaired) electrons. The van der Waals surface area contributed by atoms with Crippen molar-refractivity contribution >= 4 is 0 Å². The minimum atomic E-state index is -0.565. The summed E-state index contributed by atoms with van der Waals surface area (Å²) in [5, 5.41) is 14.3. The second kappa shape index (κ2) is 5.10. The summed E-state index contributed by atoms with van der Waals surface area (Å²) in [5.74, 6) is 0. The van der Waals surface area contributed by atoms with E-state index >= 15 is 0 Å². The van der Waals surface area contributed by atoms with Crippen LogP contribution in [0.5, 0.6) is 0 Å². The third-order valence-electron chi connectivity index (χ3n) is 2.72. The number of pyridine rings is 1. The fraction of sp³-hybridized carbons (Fsp3) is 0.385. The highest BCUT2D eigenvalue weighted by Gasteiger charge is 2.11. The number of aliphatic hydroxyl groups excluding tert-OH is 1. The normalized spacial score (nSPS) is 12.6. The van der Waals surface area contributed by atoms with Crippen LogP contribution in [-0.2, 0) is 13.0 Å². The maximum absolute atomic E-state index is 10.1. The number of hydrogen-bond acceptors (Lipinski definition) is 3. The van der Waals surface area contributed by atoms with Crippen LogP contribution in [0.4, 0.5) is 0 Å². The zero-order valence-electron chi connectivity index (χ0n) is 10.2. The summed E-state index contributed by atoms with van der Waals surface area (Å²) >= 11 is 0. The van der Waals surface area contributed by atoms with Gasteiger partial charge in [-0.2, -0.15) is 5.10 Å². The fourth-order valence-corrected chi connectivity index (χ4v) is 1.75. The molecule has 2 rings (SSSR count). The van der Waals surface area contributed by atoms with E-state index in [1.165, 1.54) is 0 Å². The number of hydrogen-bond donors (Lipinski definition) is 1. The van der Waals surface area contributed by atoms with E-state index in [4.69, 9.17) is 0 Å². The lowest BCUT2D eigenvalue weighted by Crippen LogP contribution is -2.04. The first-order valence-corrected chi connectivity index (χ1v) is 5.81. The maximum atomic E-state index is 10.1. The first-order chi connectivity index (χ1) is 8.19. The summed E-state index contributed by atoms with van der Waals surface area (Å²) in [6.07, 6.45) is 5.46. The number of aliphatic hydroxyl groups is 1. The van der Waals surface area contributed by atoms with Gasteiger partial charge in [0.25, 0.3) is 0 Å². The van der Waals surface area contributed by atoms with Crippen LogP contribution in [0.3, 0.4) is 0 Å². The van der Waals surface area contributed by atoms with Gasteiger partial charge in [-0.25, -0.2) is 0 Å². The van der Waals surface area contributed by atoms with E-state index in [2.05, 4.69) is 10.1 Å². The van der Waals surface area contributed by atoms with Crippen LogP contribution >= 0.6 is 0 Å². The molecule has 2 aromatic heterocycles. The predicted octanol–water partition coefficient (Wildman–Crippen LogP) is 1.88. The molecule has 0 saturated carbocycles. The average molecular weight is 231 g/mol. The molecule has 0 spiro atoms. The van der Waals surface area contributed by atoms with Gasteiger partial charge in [-0.15, -0.1) is 0 Å². The van der Waals surface area contributed by atoms with Crippen LogP contribution in [0.25, 0.3) is 0 Å². The molecular formula is C13H17N3O. The van der Waals surface area contributed by atoms with Gasteiger partial charge in [0.05, 0.1) is 11.9 Å². The van der Waals surface area contributed by atoms with Crippen molar-refractivity contribution in [2.45, 2.75) is 32.9 Å². The van der Waals surface area contributed by atoms with Crippen LogP contribution in [0.2, 0.25) is 0 Å². The molecule has 2 aromatic rings. The van der Waals surface area contributed by atoms with E-state index in [-0.39, 0.29) is 0 Å². The molecule has 1 atom stereocenters. The van der Waals surface area contributed by atoms with Gasteiger partial charge in [0.15, 0.2) is 0 Å². The van der Waals surface area contributed by atoms with Gasteiger partial charge in [0.2, 0.25) is 0 Å². The van der Waals surface area contributed by atoms with E-state index in [0.717, 1.165) is 17.7 Å². The van der Waals surface area contributed by atoms with Crippen molar-refractivity contribution in [2.24, 2.45) is 0 Å². The fourth-order valence-electron chi connectivity index (χ4n) is 1.75. The Hall–Kier alpha value is -1.68. The Morgan fingerprint density at radius 2 is 2.29 bits per heavy atom. The summed E-state index contributed by atoms with van der Waals surface area (Å²) in [6.45, 7) is 4.88. The van der Waals surface area contributed by atoms with E-state index in [1.54, 1.807) is 12.4 Å². The molecule has 1 N–H and O–H groups in total. The van der Waals surface area contributed by atoms with Crippen molar-refractivity contribution in [3.8, 4) is 0 Å². The Labute approximate surface area is 101 Å². The van der Waals surface area contributed by atoms with E-state index < -0.39 is 6.10 Å². The largest absolute Gasteiger partial charge is 0.386 e. The molecule has 0 aliphatic heterocycles. The first kappa shape index (κ1) is 11.8. The van der Waals surface area contributed by atoms with Crippen LogP contribution in [0, 0.1) is 6.92 Å². The van der Waals surface area contributed by atoms with Crippen molar-refractivity contribution in [1.29, 1.82) is 0 Å². The Bertz CT molecular complexity index is 493. The number of nitrogens with zero attached hydrogens (tertiary/aromatic N) is 3. The van der Waals surface area contributed by atoms with Gasteiger partial charge < -0.3 is 5.11 Å². The van der Waals surface area contributed by atoms with E-state index in [9.17, 15) is 5.11 Å². The summed E-state index contributed by atoms with van der Waals surface area (Å²) in [4.78, 5) is 4.19. The van der Waals surface area contributed by atoms with Crippen molar-refractivity contribution in [3.05, 3.63) is 47.5 Å². The third-order valence-corrected chi connectivity index (χ3v) is 2.72. The molecule has 17 heavy (non-hydrogen) atoms. The molecule has 1 unspecified atom stereocenters. The second-order valence-corrected chi connectivity index (χ2v) is 4.18. The van der Waals surface area contributed by atoms with Gasteiger partial charge in [-0.1, -0.05) is 0 Å². The van der Waals surface area contributed by atoms with Gasteiger partial charge in [-0.05, 0) is 37.1 Å². The average Bonchev–Trinajstić information content (AvgIpc) is 2.77. The number of aryl methyl sites for hydroxylation is 2. The summed E-state index contributed by atoms with van der Waals surface area (Å²) in [6, 6.07) is 3.83. The Balaban J connectivity index is 2.08. The van der Waals surface area contributed by atoms with Crippen LogP contribution in [0.15, 0.2) is 30.7 Å². The molecule has 2 heterocycles. The molecule has 0 aliphatic rings. The van der Waals surface area contributed by atoms with Crippen LogP contribution < -0.4 is 0 Å². The highest BCUT2D eigenvalue weighted by Crippen LogP contribution is 2.16. The molecular weight excluding hydrogens is 214 g/mol. The molecule has 0 fully saturated rings. The lowest BCUT2D eigenvalue weighted by atomic mass is 10.1. The molecule has 0 amide bonds. The van der Waals surface area contributed by atoms with Gasteiger partial charge in [0, 0.05) is 25.4 Å². The highest BCUT2D eigenvalue weighted by atomic mass is 16.3. The van der Waals surface area contributed by atoms with Crippen molar-refractivity contribution < 1.29 is 5.11 Å². The maximum Gasteiger partial charge on any atom is 0.100 e. The Kier molecular flexibility index (Phi) is 3.54. The minimum absolute atomic E-state index is 0.552. The highest BCUT2D eigenvalue weighted by molar-refractivity contribution is 5.18. The lowest BCUT2D eigenvalue weighted by Gasteiger charge is -2.08. The van der Waals surface area contributed by atoms with Gasteiger partial charge in [-0.3, -0.25) is 9.67 Å². The van der Waals surface area contributed by atoms with E-state index in [1.807, 2.05) is 36.9 Å². The zero-order valence-corrected chi connectivity index (χ0v) is 10.2. The van der Waals surface area contributed by atoms with Crippen molar-refractivity contribution in [1.82, 2.24) is 14.8 Å². The molecule has 0 saturated heterocycles. The van der Waals surface area contributed by atoms with Crippen LogP contribution in [0.1, 0.15) is 29.8 Å². The van der Waals surface area contributed by atoms with Crippen LogP contribution in [-0.4, -0.2) is 19.9 Å².